The SMILES string of the molecule is COc1ccc(NC(=O)CN(C)C(=O)CCCSc2ccc(Cl)cc2)cc1. The number of ether oxygens (including phenoxy) is 1. The molecule has 2 amide bonds. The zero-order chi connectivity index (χ0) is 19.6. The van der Waals surface area contributed by atoms with E-state index in [1.54, 1.807) is 50.2 Å². The van der Waals surface area contributed by atoms with Crippen molar-refractivity contribution >= 4 is 40.9 Å². The summed E-state index contributed by atoms with van der Waals surface area (Å²) in [6, 6.07) is 14.7. The minimum absolute atomic E-state index is 0.0230. The zero-order valence-electron chi connectivity index (χ0n) is 15.4. The van der Waals surface area contributed by atoms with Gasteiger partial charge in [-0.25, -0.2) is 0 Å². The van der Waals surface area contributed by atoms with Gasteiger partial charge in [0, 0.05) is 29.1 Å². The van der Waals surface area contributed by atoms with Crippen LogP contribution in [0.15, 0.2) is 53.4 Å². The van der Waals surface area contributed by atoms with Gasteiger partial charge in [0.2, 0.25) is 11.8 Å². The first kappa shape index (κ1) is 21.1. The summed E-state index contributed by atoms with van der Waals surface area (Å²) >= 11 is 7.54. The van der Waals surface area contributed by atoms with Crippen molar-refractivity contribution in [1.29, 1.82) is 0 Å². The predicted molar refractivity (Wildman–Crippen MR) is 111 cm³/mol. The summed E-state index contributed by atoms with van der Waals surface area (Å²) in [7, 11) is 3.23. The molecule has 0 saturated carbocycles. The van der Waals surface area contributed by atoms with E-state index in [4.69, 9.17) is 16.3 Å². The van der Waals surface area contributed by atoms with Crippen molar-refractivity contribution in [3.8, 4) is 5.75 Å². The van der Waals surface area contributed by atoms with Gasteiger partial charge in [0.15, 0.2) is 0 Å². The van der Waals surface area contributed by atoms with Crippen LogP contribution in [-0.4, -0.2) is 43.2 Å². The summed E-state index contributed by atoms with van der Waals surface area (Å²) in [4.78, 5) is 26.8. The van der Waals surface area contributed by atoms with Crippen LogP contribution in [0.3, 0.4) is 0 Å². The lowest BCUT2D eigenvalue weighted by molar-refractivity contribution is -0.133. The van der Waals surface area contributed by atoms with Crippen molar-refractivity contribution in [2.45, 2.75) is 17.7 Å². The Labute approximate surface area is 169 Å². The normalized spacial score (nSPS) is 10.3. The summed E-state index contributed by atoms with van der Waals surface area (Å²) in [5.74, 6) is 1.28. The van der Waals surface area contributed by atoms with Gasteiger partial charge in [-0.05, 0) is 60.7 Å². The molecule has 0 heterocycles. The van der Waals surface area contributed by atoms with Gasteiger partial charge in [-0.2, -0.15) is 0 Å². The predicted octanol–water partition coefficient (Wildman–Crippen LogP) is 4.32. The highest BCUT2D eigenvalue weighted by Gasteiger charge is 2.13. The molecule has 2 rings (SSSR count). The van der Waals surface area contributed by atoms with Gasteiger partial charge < -0.3 is 15.0 Å². The Hall–Kier alpha value is -2.18. The fourth-order valence-corrected chi connectivity index (χ4v) is 3.29. The number of carbonyl (C=O) groups is 2. The topological polar surface area (TPSA) is 58.6 Å². The van der Waals surface area contributed by atoms with Crippen LogP contribution >= 0.6 is 23.4 Å². The Morgan fingerprint density at radius 1 is 1.11 bits per heavy atom. The Morgan fingerprint density at radius 2 is 1.78 bits per heavy atom. The summed E-state index contributed by atoms with van der Waals surface area (Å²) < 4.78 is 5.08. The van der Waals surface area contributed by atoms with E-state index in [1.807, 2.05) is 24.3 Å². The number of methoxy groups -OCH3 is 1. The number of carbonyl (C=O) groups excluding carboxylic acids is 2. The summed E-state index contributed by atoms with van der Waals surface area (Å²) in [5, 5.41) is 3.48. The van der Waals surface area contributed by atoms with Crippen LogP contribution in [0.25, 0.3) is 0 Å². The fourth-order valence-electron chi connectivity index (χ4n) is 2.31. The molecule has 2 aromatic rings. The molecule has 0 fully saturated rings. The molecule has 0 radical (unpaired) electrons. The van der Waals surface area contributed by atoms with Crippen LogP contribution < -0.4 is 10.1 Å². The first-order chi connectivity index (χ1) is 13.0. The van der Waals surface area contributed by atoms with Crippen molar-refractivity contribution < 1.29 is 14.3 Å². The molecule has 0 saturated heterocycles. The van der Waals surface area contributed by atoms with Crippen LogP contribution in [0, 0.1) is 0 Å². The minimum atomic E-state index is -0.230. The third-order valence-corrected chi connectivity index (χ3v) is 5.15. The highest BCUT2D eigenvalue weighted by molar-refractivity contribution is 7.99. The Kier molecular flexibility index (Phi) is 8.48. The van der Waals surface area contributed by atoms with Crippen molar-refractivity contribution in [2.75, 3.05) is 31.8 Å². The Morgan fingerprint density at radius 3 is 2.41 bits per heavy atom. The first-order valence-corrected chi connectivity index (χ1v) is 9.90. The molecule has 0 atom stereocenters. The second-order valence-corrected chi connectivity index (χ2v) is 7.54. The molecule has 0 aliphatic rings. The van der Waals surface area contributed by atoms with Gasteiger partial charge in [0.05, 0.1) is 13.7 Å². The average Bonchev–Trinajstić information content (AvgIpc) is 2.67. The highest BCUT2D eigenvalue weighted by atomic mass is 35.5. The molecule has 0 aliphatic carbocycles. The van der Waals surface area contributed by atoms with E-state index in [0.29, 0.717) is 17.1 Å². The maximum atomic E-state index is 12.2. The van der Waals surface area contributed by atoms with E-state index < -0.39 is 0 Å². The van der Waals surface area contributed by atoms with Crippen molar-refractivity contribution in [1.82, 2.24) is 4.90 Å². The van der Waals surface area contributed by atoms with E-state index in [2.05, 4.69) is 5.32 Å². The van der Waals surface area contributed by atoms with Crippen LogP contribution in [0.1, 0.15) is 12.8 Å². The van der Waals surface area contributed by atoms with Gasteiger partial charge >= 0.3 is 0 Å². The molecule has 0 unspecified atom stereocenters. The maximum Gasteiger partial charge on any atom is 0.243 e. The minimum Gasteiger partial charge on any atom is -0.497 e. The number of halogens is 1. The van der Waals surface area contributed by atoms with E-state index in [9.17, 15) is 9.59 Å². The van der Waals surface area contributed by atoms with Crippen LogP contribution in [0.4, 0.5) is 5.69 Å². The number of likely N-dealkylation sites (N-methyl/N-ethyl adjacent to an activating group) is 1. The van der Waals surface area contributed by atoms with Crippen LogP contribution in [-0.2, 0) is 9.59 Å². The number of anilines is 1. The lowest BCUT2D eigenvalue weighted by Crippen LogP contribution is -2.34. The number of hydrogen-bond acceptors (Lipinski definition) is 4. The molecule has 5 nitrogen and oxygen atoms in total. The molecule has 7 heteroatoms. The van der Waals surface area contributed by atoms with Crippen molar-refractivity contribution in [2.24, 2.45) is 0 Å². The quantitative estimate of drug-likeness (QED) is 0.497. The molecule has 27 heavy (non-hydrogen) atoms. The fraction of sp³-hybridized carbons (Fsp3) is 0.300. The summed E-state index contributed by atoms with van der Waals surface area (Å²) in [5.41, 5.74) is 0.668. The van der Waals surface area contributed by atoms with Gasteiger partial charge in [-0.1, -0.05) is 11.6 Å². The number of hydrogen-bond donors (Lipinski definition) is 1. The lowest BCUT2D eigenvalue weighted by atomic mass is 10.3. The molecule has 2 aromatic carbocycles. The number of nitrogens with zero attached hydrogens (tertiary/aromatic N) is 1. The second kappa shape index (κ2) is 10.8. The molecule has 144 valence electrons. The summed E-state index contributed by atoms with van der Waals surface area (Å²) in [6.07, 6.45) is 1.16. The van der Waals surface area contributed by atoms with Gasteiger partial charge in [-0.3, -0.25) is 9.59 Å². The van der Waals surface area contributed by atoms with Gasteiger partial charge in [0.25, 0.3) is 0 Å². The van der Waals surface area contributed by atoms with Crippen molar-refractivity contribution in [3.63, 3.8) is 0 Å². The van der Waals surface area contributed by atoms with E-state index in [0.717, 1.165) is 22.8 Å². The van der Waals surface area contributed by atoms with Gasteiger partial charge in [-0.15, -0.1) is 11.8 Å². The highest BCUT2D eigenvalue weighted by Crippen LogP contribution is 2.21. The largest absolute Gasteiger partial charge is 0.497 e. The molecular formula is C20H23ClN2O3S. The number of rotatable bonds is 9. The summed E-state index contributed by atoms with van der Waals surface area (Å²) in [6.45, 7) is 0.0230. The maximum absolute atomic E-state index is 12.2. The Bertz CT molecular complexity index is 751. The molecular weight excluding hydrogens is 384 g/mol. The number of thioether (sulfide) groups is 1. The molecule has 0 aromatic heterocycles. The molecule has 0 bridgehead atoms. The number of amides is 2. The smallest absolute Gasteiger partial charge is 0.243 e. The Balaban J connectivity index is 1.67. The van der Waals surface area contributed by atoms with E-state index in [1.165, 1.54) is 4.90 Å². The van der Waals surface area contributed by atoms with Crippen molar-refractivity contribution in [3.05, 3.63) is 53.6 Å². The van der Waals surface area contributed by atoms with E-state index >= 15 is 0 Å². The molecule has 0 spiro atoms. The van der Waals surface area contributed by atoms with Crippen LogP contribution in [0.5, 0.6) is 5.75 Å². The lowest BCUT2D eigenvalue weighted by Gasteiger charge is -2.17. The average molecular weight is 407 g/mol. The standard InChI is InChI=1S/C20H23ClN2O3S/c1-23(14-19(24)22-16-7-9-17(26-2)10-8-16)20(25)4-3-13-27-18-11-5-15(21)6-12-18/h5-12H,3-4,13-14H2,1-2H3,(H,22,24). The third kappa shape index (κ3) is 7.53. The zero-order valence-corrected chi connectivity index (χ0v) is 17.0. The van der Waals surface area contributed by atoms with E-state index in [-0.39, 0.29) is 18.4 Å². The van der Waals surface area contributed by atoms with Gasteiger partial charge in [0.1, 0.15) is 5.75 Å². The number of nitrogens with one attached hydrogen (secondary N) is 1. The first-order valence-electron chi connectivity index (χ1n) is 8.54. The third-order valence-electron chi connectivity index (χ3n) is 3.80. The molecule has 1 N–H and O–H groups in total. The second-order valence-electron chi connectivity index (χ2n) is 5.93. The number of benzene rings is 2. The van der Waals surface area contributed by atoms with Crippen LogP contribution in [0.2, 0.25) is 5.02 Å². The monoisotopic (exact) mass is 406 g/mol. The molecule has 0 aliphatic heterocycles.